The summed E-state index contributed by atoms with van der Waals surface area (Å²) < 4.78 is 0. The van der Waals surface area contributed by atoms with E-state index >= 15 is 0 Å². The summed E-state index contributed by atoms with van der Waals surface area (Å²) in [6.07, 6.45) is 6.87. The highest BCUT2D eigenvalue weighted by Gasteiger charge is 2.23. The minimum Gasteiger partial charge on any atom is -0.394 e. The van der Waals surface area contributed by atoms with Gasteiger partial charge in [-0.2, -0.15) is 0 Å². The molecule has 2 heterocycles. The zero-order chi connectivity index (χ0) is 9.10. The van der Waals surface area contributed by atoms with Crippen molar-refractivity contribution in [2.45, 2.75) is 18.9 Å². The molecule has 3 heteroatoms. The van der Waals surface area contributed by atoms with Gasteiger partial charge in [-0.15, -0.1) is 0 Å². The molecule has 1 aliphatic rings. The van der Waals surface area contributed by atoms with Gasteiger partial charge in [0.05, 0.1) is 18.3 Å². The molecule has 1 radical (unpaired) electrons. The number of anilines is 1. The predicted octanol–water partition coefficient (Wildman–Crippen LogP) is 0.843. The monoisotopic (exact) mass is 177 g/mol. The second-order valence-electron chi connectivity index (χ2n) is 3.31. The zero-order valence-corrected chi connectivity index (χ0v) is 7.48. The molecule has 1 saturated heterocycles. The van der Waals surface area contributed by atoms with Gasteiger partial charge in [0.15, 0.2) is 0 Å². The summed E-state index contributed by atoms with van der Waals surface area (Å²) >= 11 is 0. The third-order valence-electron chi connectivity index (χ3n) is 2.49. The molecule has 0 bridgehead atoms. The number of rotatable bonds is 2. The number of hydrogen-bond donors (Lipinski definition) is 1. The molecule has 1 aliphatic heterocycles. The molecule has 69 valence electrons. The Hall–Kier alpha value is -1.09. The maximum atomic E-state index is 9.12. The highest BCUT2D eigenvalue weighted by Crippen LogP contribution is 2.23. The van der Waals surface area contributed by atoms with Crippen LogP contribution in [0.5, 0.6) is 0 Å². The molecular formula is C10H13N2O. The van der Waals surface area contributed by atoms with E-state index in [1.54, 1.807) is 6.20 Å². The van der Waals surface area contributed by atoms with Gasteiger partial charge in [-0.3, -0.25) is 4.98 Å². The maximum Gasteiger partial charge on any atom is 0.114 e. The molecule has 1 atom stereocenters. The fourth-order valence-electron chi connectivity index (χ4n) is 1.82. The number of nitrogens with zero attached hydrogens (tertiary/aromatic N) is 2. The van der Waals surface area contributed by atoms with Crippen molar-refractivity contribution in [3.63, 3.8) is 0 Å². The van der Waals surface area contributed by atoms with Gasteiger partial charge in [-0.1, -0.05) is 0 Å². The summed E-state index contributed by atoms with van der Waals surface area (Å²) in [5.41, 5.74) is 0.999. The van der Waals surface area contributed by atoms with E-state index in [0.717, 1.165) is 25.1 Å². The van der Waals surface area contributed by atoms with E-state index in [0.29, 0.717) is 0 Å². The highest BCUT2D eigenvalue weighted by atomic mass is 16.3. The van der Waals surface area contributed by atoms with Gasteiger partial charge in [0.25, 0.3) is 0 Å². The lowest BCUT2D eigenvalue weighted by atomic mass is 10.2. The van der Waals surface area contributed by atoms with Gasteiger partial charge in [-0.05, 0) is 25.0 Å². The maximum absolute atomic E-state index is 9.12. The van der Waals surface area contributed by atoms with Gasteiger partial charge in [-0.25, -0.2) is 0 Å². The highest BCUT2D eigenvalue weighted by molar-refractivity contribution is 5.44. The van der Waals surface area contributed by atoms with Crippen LogP contribution in [0.2, 0.25) is 0 Å². The third-order valence-corrected chi connectivity index (χ3v) is 2.49. The lowest BCUT2D eigenvalue weighted by Gasteiger charge is -2.24. The van der Waals surface area contributed by atoms with Crippen LogP contribution in [0, 0.1) is 6.20 Å². The molecule has 13 heavy (non-hydrogen) atoms. The Morgan fingerprint density at radius 2 is 2.62 bits per heavy atom. The number of aromatic nitrogens is 1. The van der Waals surface area contributed by atoms with E-state index in [2.05, 4.69) is 16.1 Å². The van der Waals surface area contributed by atoms with Crippen LogP contribution in [0.15, 0.2) is 18.3 Å². The fraction of sp³-hybridized carbons (Fsp3) is 0.500. The van der Waals surface area contributed by atoms with Gasteiger partial charge in [0, 0.05) is 12.7 Å². The average Bonchev–Trinajstić information content (AvgIpc) is 2.67. The normalized spacial score (nSPS) is 22.2. The van der Waals surface area contributed by atoms with Crippen molar-refractivity contribution in [2.24, 2.45) is 0 Å². The minimum atomic E-state index is 0.225. The number of aliphatic hydroxyl groups excluding tert-OH is 1. The third kappa shape index (κ3) is 1.65. The molecule has 3 nitrogen and oxygen atoms in total. The molecule has 0 aliphatic carbocycles. The Labute approximate surface area is 78.0 Å². The molecule has 2 rings (SSSR count). The van der Waals surface area contributed by atoms with Crippen molar-refractivity contribution in [2.75, 3.05) is 18.1 Å². The Morgan fingerprint density at radius 3 is 3.31 bits per heavy atom. The first kappa shape index (κ1) is 8.51. The number of aliphatic hydroxyl groups is 1. The van der Waals surface area contributed by atoms with E-state index in [4.69, 9.17) is 5.11 Å². The molecule has 1 unspecified atom stereocenters. The molecule has 1 fully saturated rings. The van der Waals surface area contributed by atoms with Crippen LogP contribution < -0.4 is 4.90 Å². The molecule has 1 N–H and O–H groups in total. The zero-order valence-electron chi connectivity index (χ0n) is 7.48. The van der Waals surface area contributed by atoms with Crippen LogP contribution >= 0.6 is 0 Å². The summed E-state index contributed by atoms with van der Waals surface area (Å²) in [4.78, 5) is 6.12. The molecule has 1 aromatic rings. The van der Waals surface area contributed by atoms with Crippen molar-refractivity contribution in [1.29, 1.82) is 0 Å². The van der Waals surface area contributed by atoms with Crippen molar-refractivity contribution >= 4 is 5.69 Å². The summed E-state index contributed by atoms with van der Waals surface area (Å²) in [6.45, 7) is 1.23. The van der Waals surface area contributed by atoms with E-state index < -0.39 is 0 Å². The average molecular weight is 177 g/mol. The van der Waals surface area contributed by atoms with Crippen LogP contribution in [0.3, 0.4) is 0 Å². The Balaban J connectivity index is 2.16. The number of pyridine rings is 1. The van der Waals surface area contributed by atoms with Crippen LogP contribution in [-0.2, 0) is 0 Å². The van der Waals surface area contributed by atoms with Crippen LogP contribution in [-0.4, -0.2) is 29.3 Å². The summed E-state index contributed by atoms with van der Waals surface area (Å²) in [7, 11) is 0. The minimum absolute atomic E-state index is 0.225. The summed E-state index contributed by atoms with van der Waals surface area (Å²) in [6, 6.07) is 4.15. The largest absolute Gasteiger partial charge is 0.394 e. The molecule has 0 amide bonds. The van der Waals surface area contributed by atoms with E-state index in [9.17, 15) is 0 Å². The summed E-state index contributed by atoms with van der Waals surface area (Å²) in [5, 5.41) is 9.12. The second-order valence-corrected chi connectivity index (χ2v) is 3.31. The molecular weight excluding hydrogens is 164 g/mol. The second kappa shape index (κ2) is 3.75. The Kier molecular flexibility index (Phi) is 2.45. The Bertz CT molecular complexity index is 263. The van der Waals surface area contributed by atoms with Crippen molar-refractivity contribution < 1.29 is 5.11 Å². The topological polar surface area (TPSA) is 36.4 Å². The SMILES string of the molecule is OCC1CCCN1c1[c]nccc1. The van der Waals surface area contributed by atoms with Gasteiger partial charge in [0.2, 0.25) is 0 Å². The molecule has 0 saturated carbocycles. The van der Waals surface area contributed by atoms with Crippen LogP contribution in [0.25, 0.3) is 0 Å². The van der Waals surface area contributed by atoms with Gasteiger partial charge in [0.1, 0.15) is 6.20 Å². The smallest absolute Gasteiger partial charge is 0.114 e. The van der Waals surface area contributed by atoms with Crippen LogP contribution in [0.4, 0.5) is 5.69 Å². The van der Waals surface area contributed by atoms with Crippen LogP contribution in [0.1, 0.15) is 12.8 Å². The first-order valence-electron chi connectivity index (χ1n) is 4.62. The molecule has 1 aromatic heterocycles. The van der Waals surface area contributed by atoms with E-state index in [-0.39, 0.29) is 12.6 Å². The van der Waals surface area contributed by atoms with Crippen molar-refractivity contribution in [3.8, 4) is 0 Å². The first-order valence-corrected chi connectivity index (χ1v) is 4.62. The quantitative estimate of drug-likeness (QED) is 0.727. The van der Waals surface area contributed by atoms with Gasteiger partial charge >= 0.3 is 0 Å². The molecule has 0 aromatic carbocycles. The lowest BCUT2D eigenvalue weighted by molar-refractivity contribution is 0.266. The van der Waals surface area contributed by atoms with Gasteiger partial charge < -0.3 is 10.0 Å². The molecule has 0 spiro atoms. The standard InChI is InChI=1S/C10H13N2O/c13-8-10-4-2-6-12(10)9-3-1-5-11-7-9/h1,3,5,10,13H,2,4,6,8H2. The fourth-order valence-corrected chi connectivity index (χ4v) is 1.82. The Morgan fingerprint density at radius 1 is 1.69 bits per heavy atom. The van der Waals surface area contributed by atoms with Crippen molar-refractivity contribution in [1.82, 2.24) is 4.98 Å². The predicted molar refractivity (Wildman–Crippen MR) is 50.5 cm³/mol. The summed E-state index contributed by atoms with van der Waals surface area (Å²) in [5.74, 6) is 0. The lowest BCUT2D eigenvalue weighted by Crippen LogP contribution is -2.32. The number of hydrogen-bond acceptors (Lipinski definition) is 3. The first-order chi connectivity index (χ1) is 6.42. The van der Waals surface area contributed by atoms with E-state index in [1.807, 2.05) is 12.1 Å². The van der Waals surface area contributed by atoms with E-state index in [1.165, 1.54) is 0 Å². The van der Waals surface area contributed by atoms with Crippen molar-refractivity contribution in [3.05, 3.63) is 24.5 Å².